The number of nitriles is 1. The number of hydrogen-bond donors (Lipinski definition) is 1. The van der Waals surface area contributed by atoms with Gasteiger partial charge in [0.05, 0.1) is 18.1 Å². The van der Waals surface area contributed by atoms with Crippen molar-refractivity contribution in [3.05, 3.63) is 57.1 Å². The second kappa shape index (κ2) is 8.02. The van der Waals surface area contributed by atoms with Gasteiger partial charge >= 0.3 is 5.97 Å². The lowest BCUT2D eigenvalue weighted by Crippen LogP contribution is -2.26. The first kappa shape index (κ1) is 18.1. The lowest BCUT2D eigenvalue weighted by atomic mass is 9.82. The number of benzene rings is 1. The molecule has 1 heterocycles. The highest BCUT2D eigenvalue weighted by molar-refractivity contribution is 9.10. The quantitative estimate of drug-likeness (QED) is 0.770. The monoisotopic (exact) mass is 390 g/mol. The average Bonchev–Trinajstić information content (AvgIpc) is 2.54. The van der Waals surface area contributed by atoms with Gasteiger partial charge in [0.15, 0.2) is 0 Å². The van der Waals surface area contributed by atoms with Gasteiger partial charge in [0.1, 0.15) is 17.4 Å². The summed E-state index contributed by atoms with van der Waals surface area (Å²) in [6, 6.07) is 9.53. The van der Waals surface area contributed by atoms with Gasteiger partial charge < -0.3 is 15.2 Å². The van der Waals surface area contributed by atoms with Crippen LogP contribution in [0.2, 0.25) is 0 Å². The molecular weight excluding hydrogens is 372 g/mol. The number of esters is 1. The second-order valence-corrected chi connectivity index (χ2v) is 6.20. The Labute approximate surface area is 149 Å². The molecule has 24 heavy (non-hydrogen) atoms. The molecule has 0 aliphatic carbocycles. The van der Waals surface area contributed by atoms with Crippen molar-refractivity contribution in [2.75, 3.05) is 6.61 Å². The molecule has 0 unspecified atom stereocenters. The average molecular weight is 391 g/mol. The molecule has 2 rings (SSSR count). The highest BCUT2D eigenvalue weighted by atomic mass is 79.9. The molecule has 0 aromatic heterocycles. The predicted molar refractivity (Wildman–Crippen MR) is 93.4 cm³/mol. The van der Waals surface area contributed by atoms with E-state index in [2.05, 4.69) is 22.0 Å². The van der Waals surface area contributed by atoms with Crippen LogP contribution in [-0.4, -0.2) is 12.6 Å². The normalized spacial score (nSPS) is 17.3. The lowest BCUT2D eigenvalue weighted by molar-refractivity contribution is -0.139. The van der Waals surface area contributed by atoms with E-state index in [-0.39, 0.29) is 18.1 Å². The fraction of sp³-hybridized carbons (Fsp3) is 0.333. The molecule has 0 fully saturated rings. The van der Waals surface area contributed by atoms with Gasteiger partial charge in [0.2, 0.25) is 5.88 Å². The number of hydrogen-bond acceptors (Lipinski definition) is 5. The molecule has 1 aromatic rings. The van der Waals surface area contributed by atoms with Crippen molar-refractivity contribution < 1.29 is 14.3 Å². The maximum absolute atomic E-state index is 12.6. The van der Waals surface area contributed by atoms with Gasteiger partial charge in [-0.25, -0.2) is 4.79 Å². The van der Waals surface area contributed by atoms with E-state index >= 15 is 0 Å². The predicted octanol–water partition coefficient (Wildman–Crippen LogP) is 3.87. The maximum atomic E-state index is 12.6. The fourth-order valence-corrected chi connectivity index (χ4v) is 3.10. The first-order valence-electron chi connectivity index (χ1n) is 7.76. The number of carbonyl (C=O) groups is 1. The Morgan fingerprint density at radius 3 is 2.79 bits per heavy atom. The highest BCUT2D eigenvalue weighted by Gasteiger charge is 2.37. The van der Waals surface area contributed by atoms with E-state index in [1.54, 1.807) is 6.92 Å². The minimum Gasteiger partial charge on any atom is -0.463 e. The number of allylic oxidation sites excluding steroid dienone is 2. The number of rotatable bonds is 5. The third-order valence-corrected chi connectivity index (χ3v) is 4.14. The minimum absolute atomic E-state index is 0.0407. The van der Waals surface area contributed by atoms with Crippen LogP contribution in [0.1, 0.15) is 38.2 Å². The van der Waals surface area contributed by atoms with E-state index in [4.69, 9.17) is 15.2 Å². The van der Waals surface area contributed by atoms with E-state index < -0.39 is 11.9 Å². The Bertz CT molecular complexity index is 747. The molecule has 1 aliphatic heterocycles. The van der Waals surface area contributed by atoms with Crippen molar-refractivity contribution >= 4 is 21.9 Å². The summed E-state index contributed by atoms with van der Waals surface area (Å²) in [5, 5.41) is 9.55. The molecule has 0 radical (unpaired) electrons. The largest absolute Gasteiger partial charge is 0.463 e. The summed E-state index contributed by atoms with van der Waals surface area (Å²) < 4.78 is 11.7. The number of halogens is 1. The van der Waals surface area contributed by atoms with Crippen molar-refractivity contribution in [2.24, 2.45) is 5.73 Å². The third kappa shape index (κ3) is 3.62. The van der Waals surface area contributed by atoms with Crippen molar-refractivity contribution in [1.82, 2.24) is 0 Å². The summed E-state index contributed by atoms with van der Waals surface area (Å²) in [5.74, 6) is -0.565. The summed E-state index contributed by atoms with van der Waals surface area (Å²) in [7, 11) is 0. The van der Waals surface area contributed by atoms with Crippen molar-refractivity contribution in [2.45, 2.75) is 32.6 Å². The number of ether oxygens (including phenoxy) is 2. The summed E-state index contributed by atoms with van der Waals surface area (Å²) in [4.78, 5) is 12.6. The summed E-state index contributed by atoms with van der Waals surface area (Å²) >= 11 is 3.43. The summed E-state index contributed by atoms with van der Waals surface area (Å²) in [6.45, 7) is 3.96. The van der Waals surface area contributed by atoms with Crippen LogP contribution in [0.15, 0.2) is 51.5 Å². The zero-order chi connectivity index (χ0) is 17.7. The van der Waals surface area contributed by atoms with Crippen LogP contribution in [0, 0.1) is 11.3 Å². The molecule has 1 aliphatic rings. The van der Waals surface area contributed by atoms with Gasteiger partial charge in [-0.1, -0.05) is 35.0 Å². The van der Waals surface area contributed by atoms with E-state index in [0.717, 1.165) is 16.5 Å². The maximum Gasteiger partial charge on any atom is 0.338 e. The molecule has 5 nitrogen and oxygen atoms in total. The SMILES string of the molecule is CCCC1=C(C(=O)OCC)[C@@H](c2cccc(Br)c2)C(C#N)=C(N)O1. The van der Waals surface area contributed by atoms with E-state index in [9.17, 15) is 10.1 Å². The highest BCUT2D eigenvalue weighted by Crippen LogP contribution is 2.41. The zero-order valence-electron chi connectivity index (χ0n) is 13.6. The number of carbonyl (C=O) groups excluding carboxylic acids is 1. The van der Waals surface area contributed by atoms with Gasteiger partial charge in [0, 0.05) is 10.9 Å². The Balaban J connectivity index is 2.66. The molecule has 1 atom stereocenters. The van der Waals surface area contributed by atoms with Gasteiger partial charge in [-0.3, -0.25) is 0 Å². The lowest BCUT2D eigenvalue weighted by Gasteiger charge is -2.28. The molecule has 0 spiro atoms. The first-order chi connectivity index (χ1) is 11.5. The first-order valence-corrected chi connectivity index (χ1v) is 8.55. The van der Waals surface area contributed by atoms with Crippen LogP contribution in [0.3, 0.4) is 0 Å². The third-order valence-electron chi connectivity index (χ3n) is 3.65. The smallest absolute Gasteiger partial charge is 0.338 e. The summed E-state index contributed by atoms with van der Waals surface area (Å²) in [6.07, 6.45) is 1.32. The number of nitrogens with two attached hydrogens (primary N) is 1. The molecule has 6 heteroatoms. The van der Waals surface area contributed by atoms with Crippen molar-refractivity contribution in [1.29, 1.82) is 5.26 Å². The molecule has 0 saturated heterocycles. The molecular formula is C18H19BrN2O3. The van der Waals surface area contributed by atoms with Gasteiger partial charge in [-0.05, 0) is 31.0 Å². The fourth-order valence-electron chi connectivity index (χ4n) is 2.68. The minimum atomic E-state index is -0.596. The molecule has 0 saturated carbocycles. The van der Waals surface area contributed by atoms with Crippen molar-refractivity contribution in [3.8, 4) is 6.07 Å². The van der Waals surface area contributed by atoms with Crippen molar-refractivity contribution in [3.63, 3.8) is 0 Å². The molecule has 126 valence electrons. The Hall–Kier alpha value is -2.26. The standard InChI is InChI=1S/C18H19BrN2O3/c1-3-6-14-16(18(22)23-4-2)15(13(10-20)17(21)24-14)11-7-5-8-12(19)9-11/h5,7-9,15H,3-4,6,21H2,1-2H3/t15-/m0/s1. The van der Waals surface area contributed by atoms with Crippen LogP contribution in [-0.2, 0) is 14.3 Å². The van der Waals surface area contributed by atoms with Gasteiger partial charge in [-0.15, -0.1) is 0 Å². The Kier molecular flexibility index (Phi) is 6.04. The Morgan fingerprint density at radius 2 is 2.21 bits per heavy atom. The van der Waals surface area contributed by atoms with E-state index in [1.807, 2.05) is 31.2 Å². The van der Waals surface area contributed by atoms with Gasteiger partial charge in [-0.2, -0.15) is 5.26 Å². The molecule has 0 amide bonds. The van der Waals surface area contributed by atoms with Crippen LogP contribution < -0.4 is 5.73 Å². The molecule has 2 N–H and O–H groups in total. The second-order valence-electron chi connectivity index (χ2n) is 5.29. The number of nitrogens with zero attached hydrogens (tertiary/aromatic N) is 1. The Morgan fingerprint density at radius 1 is 1.46 bits per heavy atom. The summed E-state index contributed by atoms with van der Waals surface area (Å²) in [5.41, 5.74) is 7.30. The molecule has 1 aromatic carbocycles. The van der Waals surface area contributed by atoms with E-state index in [0.29, 0.717) is 17.8 Å². The molecule has 0 bridgehead atoms. The van der Waals surface area contributed by atoms with Gasteiger partial charge in [0.25, 0.3) is 0 Å². The van der Waals surface area contributed by atoms with Crippen LogP contribution in [0.4, 0.5) is 0 Å². The topological polar surface area (TPSA) is 85.3 Å². The van der Waals surface area contributed by atoms with Crippen LogP contribution in [0.5, 0.6) is 0 Å². The zero-order valence-corrected chi connectivity index (χ0v) is 15.2. The van der Waals surface area contributed by atoms with E-state index in [1.165, 1.54) is 0 Å². The van der Waals surface area contributed by atoms with Crippen LogP contribution in [0.25, 0.3) is 0 Å². The van der Waals surface area contributed by atoms with Crippen LogP contribution >= 0.6 is 15.9 Å².